The number of nitrogens with one attached hydrogen (secondary N) is 1. The highest BCUT2D eigenvalue weighted by molar-refractivity contribution is 5.93. The summed E-state index contributed by atoms with van der Waals surface area (Å²) in [6.45, 7) is 9.85. The van der Waals surface area contributed by atoms with Gasteiger partial charge in [0, 0.05) is 17.8 Å². The van der Waals surface area contributed by atoms with Gasteiger partial charge in [0.15, 0.2) is 0 Å². The number of aromatic nitrogens is 1. The fourth-order valence-corrected chi connectivity index (χ4v) is 2.64. The Hall–Kier alpha value is -3.15. The molecule has 0 fully saturated rings. The molecule has 2 rings (SSSR count). The predicted molar refractivity (Wildman–Crippen MR) is 110 cm³/mol. The molecule has 0 atom stereocenters. The van der Waals surface area contributed by atoms with Crippen molar-refractivity contribution < 1.29 is 9.90 Å². The van der Waals surface area contributed by atoms with E-state index < -0.39 is 5.97 Å². The van der Waals surface area contributed by atoms with E-state index in [4.69, 9.17) is 0 Å². The van der Waals surface area contributed by atoms with Crippen molar-refractivity contribution in [3.63, 3.8) is 0 Å². The Balaban J connectivity index is 2.34. The van der Waals surface area contributed by atoms with Crippen LogP contribution >= 0.6 is 0 Å². The van der Waals surface area contributed by atoms with Crippen LogP contribution in [0.4, 0.5) is 5.82 Å². The zero-order chi connectivity index (χ0) is 19.8. The second-order valence-electron chi connectivity index (χ2n) is 6.33. The molecule has 2 N–H and O–H groups in total. The molecular formula is C21H26N4O2. The lowest BCUT2D eigenvalue weighted by Gasteiger charge is -2.26. The van der Waals surface area contributed by atoms with Crippen LogP contribution in [0.25, 0.3) is 0 Å². The lowest BCUT2D eigenvalue weighted by atomic mass is 10.1. The third-order valence-electron chi connectivity index (χ3n) is 4.16. The standard InChI is InChI=1S/C21H26N4O2/c1-5-16(3)24-25(19-11-9-7-6-8-10-15(19)2)14-22-20-18(21(26)27)13-12-17(4)23-20/h5-9,12-13H,1,10-11,14H2,2-4H3,(H,22,23)(H,26,27)/b8-6?,9-7-,19-15+,24-16-. The van der Waals surface area contributed by atoms with Crippen molar-refractivity contribution >= 4 is 17.5 Å². The highest BCUT2D eigenvalue weighted by Gasteiger charge is 2.15. The smallest absolute Gasteiger partial charge is 0.339 e. The van der Waals surface area contributed by atoms with Crippen LogP contribution in [-0.2, 0) is 0 Å². The summed E-state index contributed by atoms with van der Waals surface area (Å²) in [5.74, 6) is -0.685. The van der Waals surface area contributed by atoms with Crippen LogP contribution < -0.4 is 5.32 Å². The molecule has 1 aromatic rings. The van der Waals surface area contributed by atoms with Gasteiger partial charge in [0.25, 0.3) is 0 Å². The molecule has 0 amide bonds. The van der Waals surface area contributed by atoms with Crippen molar-refractivity contribution in [3.8, 4) is 0 Å². The van der Waals surface area contributed by atoms with Crippen molar-refractivity contribution in [2.24, 2.45) is 5.10 Å². The maximum Gasteiger partial charge on any atom is 0.339 e. The number of carbonyl (C=O) groups is 1. The number of pyridine rings is 1. The Morgan fingerprint density at radius 1 is 1.33 bits per heavy atom. The fraction of sp³-hybridized carbons (Fsp3) is 0.286. The van der Waals surface area contributed by atoms with Gasteiger partial charge in [-0.1, -0.05) is 30.9 Å². The highest BCUT2D eigenvalue weighted by atomic mass is 16.4. The summed E-state index contributed by atoms with van der Waals surface area (Å²) in [6, 6.07) is 3.24. The lowest BCUT2D eigenvalue weighted by Crippen LogP contribution is -2.27. The summed E-state index contributed by atoms with van der Waals surface area (Å²) in [4.78, 5) is 15.8. The van der Waals surface area contributed by atoms with Crippen molar-refractivity contribution in [1.82, 2.24) is 9.99 Å². The average Bonchev–Trinajstić information content (AvgIpc) is 2.62. The fourth-order valence-electron chi connectivity index (χ4n) is 2.64. The quantitative estimate of drug-likeness (QED) is 0.422. The predicted octanol–water partition coefficient (Wildman–Crippen LogP) is 4.50. The number of nitrogens with zero attached hydrogens (tertiary/aromatic N) is 3. The minimum Gasteiger partial charge on any atom is -0.478 e. The third-order valence-corrected chi connectivity index (χ3v) is 4.16. The summed E-state index contributed by atoms with van der Waals surface area (Å²) in [5.41, 5.74) is 3.92. The van der Waals surface area contributed by atoms with Crippen LogP contribution in [-0.4, -0.2) is 33.4 Å². The first-order chi connectivity index (χ1) is 12.9. The number of allylic oxidation sites excluding steroid dienone is 6. The van der Waals surface area contributed by atoms with E-state index >= 15 is 0 Å². The van der Waals surface area contributed by atoms with Crippen molar-refractivity contribution in [3.05, 3.63) is 71.6 Å². The molecule has 0 aromatic carbocycles. The van der Waals surface area contributed by atoms with E-state index in [1.165, 1.54) is 5.57 Å². The molecule has 0 spiro atoms. The van der Waals surface area contributed by atoms with E-state index in [1.807, 2.05) is 31.0 Å². The van der Waals surface area contributed by atoms with Crippen molar-refractivity contribution in [2.75, 3.05) is 12.0 Å². The summed E-state index contributed by atoms with van der Waals surface area (Å²) in [7, 11) is 0. The molecule has 1 aliphatic rings. The van der Waals surface area contributed by atoms with Gasteiger partial charge in [-0.2, -0.15) is 5.10 Å². The van der Waals surface area contributed by atoms with E-state index in [0.717, 1.165) is 29.9 Å². The molecule has 27 heavy (non-hydrogen) atoms. The number of carboxylic acid groups (broad SMARTS) is 1. The lowest BCUT2D eigenvalue weighted by molar-refractivity contribution is 0.0697. The van der Waals surface area contributed by atoms with Crippen LogP contribution in [0.1, 0.15) is 42.7 Å². The van der Waals surface area contributed by atoms with E-state index in [2.05, 4.69) is 41.1 Å². The molecule has 1 aromatic heterocycles. The Morgan fingerprint density at radius 3 is 2.70 bits per heavy atom. The van der Waals surface area contributed by atoms with Crippen LogP contribution in [0.5, 0.6) is 0 Å². The second kappa shape index (κ2) is 9.52. The Bertz CT molecular complexity index is 835. The molecular weight excluding hydrogens is 340 g/mol. The molecule has 0 aliphatic heterocycles. The van der Waals surface area contributed by atoms with E-state index in [-0.39, 0.29) is 5.56 Å². The first kappa shape index (κ1) is 20.2. The number of carboxylic acids is 1. The van der Waals surface area contributed by atoms with Gasteiger partial charge >= 0.3 is 5.97 Å². The SMILES string of the molecule is C=C/C(C)=N\N(CNc1nc(C)ccc1C(=O)O)/C1=C(\C)CC=C/C=C\C1. The van der Waals surface area contributed by atoms with Crippen LogP contribution in [0.2, 0.25) is 0 Å². The topological polar surface area (TPSA) is 77.8 Å². The van der Waals surface area contributed by atoms with Gasteiger partial charge in [0.1, 0.15) is 18.1 Å². The van der Waals surface area contributed by atoms with Gasteiger partial charge in [-0.3, -0.25) is 0 Å². The van der Waals surface area contributed by atoms with E-state index in [0.29, 0.717) is 12.5 Å². The minimum absolute atomic E-state index is 0.135. The van der Waals surface area contributed by atoms with Crippen LogP contribution in [0.3, 0.4) is 0 Å². The molecule has 0 saturated heterocycles. The summed E-state index contributed by atoms with van der Waals surface area (Å²) in [6.07, 6.45) is 11.5. The number of aryl methyl sites for hydroxylation is 1. The zero-order valence-corrected chi connectivity index (χ0v) is 16.1. The zero-order valence-electron chi connectivity index (χ0n) is 16.1. The number of aromatic carboxylic acids is 1. The first-order valence-electron chi connectivity index (χ1n) is 8.82. The third kappa shape index (κ3) is 5.67. The minimum atomic E-state index is -1.02. The largest absolute Gasteiger partial charge is 0.478 e. The molecule has 1 heterocycles. The van der Waals surface area contributed by atoms with Gasteiger partial charge in [0.2, 0.25) is 0 Å². The number of anilines is 1. The molecule has 142 valence electrons. The highest BCUT2D eigenvalue weighted by Crippen LogP contribution is 2.22. The molecule has 6 heteroatoms. The maximum atomic E-state index is 11.5. The van der Waals surface area contributed by atoms with Crippen molar-refractivity contribution in [2.45, 2.75) is 33.6 Å². The monoisotopic (exact) mass is 366 g/mol. The van der Waals surface area contributed by atoms with E-state index in [9.17, 15) is 9.90 Å². The number of rotatable bonds is 7. The van der Waals surface area contributed by atoms with Gasteiger partial charge in [-0.15, -0.1) is 0 Å². The molecule has 0 unspecified atom stereocenters. The Morgan fingerprint density at radius 2 is 2.04 bits per heavy atom. The van der Waals surface area contributed by atoms with Gasteiger partial charge in [-0.25, -0.2) is 14.8 Å². The van der Waals surface area contributed by atoms with Crippen LogP contribution in [0, 0.1) is 6.92 Å². The number of hydrogen-bond donors (Lipinski definition) is 2. The molecule has 0 bridgehead atoms. The molecule has 1 aliphatic carbocycles. The van der Waals surface area contributed by atoms with E-state index in [1.54, 1.807) is 18.2 Å². The Kier molecular flexibility index (Phi) is 7.11. The molecule has 0 saturated carbocycles. The first-order valence-corrected chi connectivity index (χ1v) is 8.82. The number of hydrogen-bond acceptors (Lipinski definition) is 5. The summed E-state index contributed by atoms with van der Waals surface area (Å²) >= 11 is 0. The van der Waals surface area contributed by atoms with Crippen LogP contribution in [0.15, 0.2) is 65.5 Å². The normalized spacial score (nSPS) is 18.4. The average molecular weight is 366 g/mol. The van der Waals surface area contributed by atoms with Gasteiger partial charge in [-0.05, 0) is 51.0 Å². The molecule has 0 radical (unpaired) electrons. The maximum absolute atomic E-state index is 11.5. The second-order valence-corrected chi connectivity index (χ2v) is 6.33. The van der Waals surface area contributed by atoms with Crippen molar-refractivity contribution in [1.29, 1.82) is 0 Å². The summed E-state index contributed by atoms with van der Waals surface area (Å²) < 4.78 is 0. The van der Waals surface area contributed by atoms with Gasteiger partial charge in [0.05, 0.1) is 5.71 Å². The number of hydrazone groups is 1. The Labute approximate surface area is 160 Å². The van der Waals surface area contributed by atoms with Gasteiger partial charge < -0.3 is 10.4 Å². The summed E-state index contributed by atoms with van der Waals surface area (Å²) in [5, 5.41) is 19.0. The molecule has 6 nitrogen and oxygen atoms in total.